The second-order valence-corrected chi connectivity index (χ2v) is 6.92. The Bertz CT molecular complexity index is 753. The van der Waals surface area contributed by atoms with Crippen molar-refractivity contribution in [2.75, 3.05) is 6.54 Å². The number of para-hydroxylation sites is 1. The van der Waals surface area contributed by atoms with Gasteiger partial charge in [-0.3, -0.25) is 4.79 Å². The molecule has 0 saturated carbocycles. The number of fused-ring (bicyclic) bond motifs is 1. The van der Waals surface area contributed by atoms with Gasteiger partial charge in [0.2, 0.25) is 0 Å². The number of carbonyl (C=O) groups is 1. The topological polar surface area (TPSA) is 82.5 Å². The summed E-state index contributed by atoms with van der Waals surface area (Å²) in [6.45, 7) is 0.416. The summed E-state index contributed by atoms with van der Waals surface area (Å²) in [5.41, 5.74) is 1.88. The molecule has 0 aliphatic rings. The van der Waals surface area contributed by atoms with E-state index in [-0.39, 0.29) is 0 Å². The maximum atomic E-state index is 12.0. The van der Waals surface area contributed by atoms with Gasteiger partial charge in [-0.25, -0.2) is 4.98 Å². The van der Waals surface area contributed by atoms with Crippen molar-refractivity contribution in [3.8, 4) is 0 Å². The first kappa shape index (κ1) is 16.1. The van der Waals surface area contributed by atoms with E-state index in [1.807, 2.05) is 41.1 Å². The summed E-state index contributed by atoms with van der Waals surface area (Å²) in [7, 11) is 0. The molecular weight excluding hydrogens is 332 g/mol. The molecule has 23 heavy (non-hydrogen) atoms. The van der Waals surface area contributed by atoms with Gasteiger partial charge in [0.15, 0.2) is 6.10 Å². The Morgan fingerprint density at radius 1 is 1.26 bits per heavy atom. The van der Waals surface area contributed by atoms with Gasteiger partial charge in [0, 0.05) is 6.54 Å². The van der Waals surface area contributed by atoms with Gasteiger partial charge in [0.25, 0.3) is 5.91 Å². The van der Waals surface area contributed by atoms with Crippen LogP contribution in [-0.4, -0.2) is 33.8 Å². The molecule has 2 heterocycles. The average Bonchev–Trinajstić information content (AvgIpc) is 3.22. The van der Waals surface area contributed by atoms with Gasteiger partial charge in [-0.2, -0.15) is 11.3 Å². The highest BCUT2D eigenvalue weighted by Crippen LogP contribution is 2.27. The maximum Gasteiger partial charge on any atom is 0.252 e. The Labute approximate surface area is 141 Å². The second kappa shape index (κ2) is 7.18. The zero-order valence-electron chi connectivity index (χ0n) is 12.2. The molecule has 3 N–H and O–H groups in total. The van der Waals surface area contributed by atoms with Crippen molar-refractivity contribution in [3.05, 3.63) is 51.7 Å². The molecule has 0 fully saturated rings. The van der Waals surface area contributed by atoms with Crippen LogP contribution in [0.3, 0.4) is 0 Å². The van der Waals surface area contributed by atoms with E-state index in [0.29, 0.717) is 18.0 Å². The van der Waals surface area contributed by atoms with Crippen molar-refractivity contribution in [2.45, 2.75) is 18.6 Å². The van der Waals surface area contributed by atoms with Crippen LogP contribution in [0.5, 0.6) is 0 Å². The monoisotopic (exact) mass is 348 g/mol. The molecule has 2 atom stereocenters. The van der Waals surface area contributed by atoms with E-state index in [4.69, 9.17) is 0 Å². The van der Waals surface area contributed by atoms with Crippen molar-refractivity contribution < 1.29 is 15.0 Å². The number of nitrogens with one attached hydrogen (secondary N) is 1. The van der Waals surface area contributed by atoms with Crippen molar-refractivity contribution in [3.63, 3.8) is 0 Å². The fraction of sp³-hybridized carbons (Fsp3) is 0.250. The van der Waals surface area contributed by atoms with Gasteiger partial charge < -0.3 is 15.5 Å². The highest BCUT2D eigenvalue weighted by atomic mass is 32.1. The van der Waals surface area contributed by atoms with E-state index in [1.54, 1.807) is 11.3 Å². The lowest BCUT2D eigenvalue weighted by Gasteiger charge is -2.15. The SMILES string of the molecule is O=C(NCCc1ccsc1)C(O)C(O)c1nc2ccccc2s1. The number of thiazole rings is 1. The van der Waals surface area contributed by atoms with Crippen molar-refractivity contribution in [1.29, 1.82) is 0 Å². The molecule has 0 saturated heterocycles. The van der Waals surface area contributed by atoms with E-state index in [0.717, 1.165) is 15.8 Å². The third kappa shape index (κ3) is 3.76. The minimum absolute atomic E-state index is 0.340. The van der Waals surface area contributed by atoms with Crippen LogP contribution in [0.2, 0.25) is 0 Å². The lowest BCUT2D eigenvalue weighted by atomic mass is 10.2. The molecule has 1 amide bonds. The molecule has 0 radical (unpaired) electrons. The van der Waals surface area contributed by atoms with Gasteiger partial charge in [-0.05, 0) is 40.9 Å². The van der Waals surface area contributed by atoms with Gasteiger partial charge >= 0.3 is 0 Å². The number of thiophene rings is 1. The fourth-order valence-electron chi connectivity index (χ4n) is 2.16. The van der Waals surface area contributed by atoms with Crippen LogP contribution in [0, 0.1) is 0 Å². The summed E-state index contributed by atoms with van der Waals surface area (Å²) in [6.07, 6.45) is -2.16. The Balaban J connectivity index is 1.59. The molecule has 7 heteroatoms. The molecule has 0 aliphatic heterocycles. The number of aromatic nitrogens is 1. The van der Waals surface area contributed by atoms with E-state index in [2.05, 4.69) is 10.3 Å². The maximum absolute atomic E-state index is 12.0. The molecular formula is C16H16N2O3S2. The average molecular weight is 348 g/mol. The summed E-state index contributed by atoms with van der Waals surface area (Å²) >= 11 is 2.87. The first-order valence-electron chi connectivity index (χ1n) is 7.15. The molecule has 3 rings (SSSR count). The molecule has 0 bridgehead atoms. The van der Waals surface area contributed by atoms with Crippen LogP contribution in [-0.2, 0) is 11.2 Å². The van der Waals surface area contributed by atoms with Crippen LogP contribution < -0.4 is 5.32 Å². The lowest BCUT2D eigenvalue weighted by Crippen LogP contribution is -2.39. The number of hydrogen-bond acceptors (Lipinski definition) is 6. The second-order valence-electron chi connectivity index (χ2n) is 5.08. The Kier molecular flexibility index (Phi) is 5.02. The number of hydrogen-bond donors (Lipinski definition) is 3. The summed E-state index contributed by atoms with van der Waals surface area (Å²) in [4.78, 5) is 16.2. The summed E-state index contributed by atoms with van der Waals surface area (Å²) in [5, 5.41) is 27.2. The number of rotatable bonds is 6. The highest BCUT2D eigenvalue weighted by molar-refractivity contribution is 7.18. The lowest BCUT2D eigenvalue weighted by molar-refractivity contribution is -0.135. The van der Waals surface area contributed by atoms with Crippen molar-refractivity contribution >= 4 is 38.8 Å². The third-order valence-corrected chi connectivity index (χ3v) is 5.26. The number of nitrogens with zero attached hydrogens (tertiary/aromatic N) is 1. The quantitative estimate of drug-likeness (QED) is 0.637. The Morgan fingerprint density at radius 2 is 2.09 bits per heavy atom. The molecule has 120 valence electrons. The predicted octanol–water partition coefficient (Wildman–Crippen LogP) is 2.11. The number of aliphatic hydroxyl groups is 2. The molecule has 1 aromatic carbocycles. The largest absolute Gasteiger partial charge is 0.383 e. The van der Waals surface area contributed by atoms with Crippen LogP contribution in [0.1, 0.15) is 16.7 Å². The van der Waals surface area contributed by atoms with Gasteiger partial charge in [-0.1, -0.05) is 12.1 Å². The molecule has 3 aromatic rings. The Morgan fingerprint density at radius 3 is 2.83 bits per heavy atom. The normalized spacial score (nSPS) is 13.8. The highest BCUT2D eigenvalue weighted by Gasteiger charge is 2.28. The van der Waals surface area contributed by atoms with Gasteiger partial charge in [0.1, 0.15) is 11.1 Å². The summed E-state index contributed by atoms with van der Waals surface area (Å²) in [6, 6.07) is 9.44. The smallest absolute Gasteiger partial charge is 0.252 e. The van der Waals surface area contributed by atoms with Crippen molar-refractivity contribution in [2.24, 2.45) is 0 Å². The van der Waals surface area contributed by atoms with Crippen LogP contribution in [0.25, 0.3) is 10.2 Å². The Hall–Kier alpha value is -1.80. The summed E-state index contributed by atoms with van der Waals surface area (Å²) in [5.74, 6) is -0.591. The van der Waals surface area contributed by atoms with Crippen molar-refractivity contribution in [1.82, 2.24) is 10.3 Å². The van der Waals surface area contributed by atoms with Crippen LogP contribution in [0.15, 0.2) is 41.1 Å². The van der Waals surface area contributed by atoms with Gasteiger partial charge in [0.05, 0.1) is 10.2 Å². The standard InChI is InChI=1S/C16H16N2O3S2/c19-13(15(21)17-7-5-10-6-8-22-9-10)14(20)16-18-11-3-1-2-4-12(11)23-16/h1-4,6,8-9,13-14,19-20H,5,7H2,(H,17,21). The van der Waals surface area contributed by atoms with Gasteiger partial charge in [-0.15, -0.1) is 11.3 Å². The minimum atomic E-state index is -1.53. The molecule has 0 spiro atoms. The number of benzene rings is 1. The number of aliphatic hydroxyl groups excluding tert-OH is 2. The molecule has 5 nitrogen and oxygen atoms in total. The minimum Gasteiger partial charge on any atom is -0.383 e. The van der Waals surface area contributed by atoms with E-state index >= 15 is 0 Å². The van der Waals surface area contributed by atoms with Crippen LogP contribution >= 0.6 is 22.7 Å². The third-order valence-electron chi connectivity index (χ3n) is 3.42. The molecule has 2 aromatic heterocycles. The predicted molar refractivity (Wildman–Crippen MR) is 91.6 cm³/mol. The first-order chi connectivity index (χ1) is 11.1. The van der Waals surface area contributed by atoms with Crippen LogP contribution in [0.4, 0.5) is 0 Å². The van der Waals surface area contributed by atoms with E-state index in [9.17, 15) is 15.0 Å². The molecule has 2 unspecified atom stereocenters. The fourth-order valence-corrected chi connectivity index (χ4v) is 3.85. The van der Waals surface area contributed by atoms with E-state index < -0.39 is 18.1 Å². The summed E-state index contributed by atoms with van der Waals surface area (Å²) < 4.78 is 0.909. The number of carbonyl (C=O) groups excluding carboxylic acids is 1. The zero-order valence-corrected chi connectivity index (χ0v) is 13.8. The number of amides is 1. The first-order valence-corrected chi connectivity index (χ1v) is 8.91. The zero-order chi connectivity index (χ0) is 16.2. The van der Waals surface area contributed by atoms with E-state index in [1.165, 1.54) is 11.3 Å². The molecule has 0 aliphatic carbocycles.